The predicted molar refractivity (Wildman–Crippen MR) is 99.0 cm³/mol. The van der Waals surface area contributed by atoms with Crippen molar-refractivity contribution in [2.45, 2.75) is 17.9 Å². The Kier molecular flexibility index (Phi) is 3.94. The number of carbonyl (C=O) groups is 1. The van der Waals surface area contributed by atoms with Crippen molar-refractivity contribution < 1.29 is 9.53 Å². The van der Waals surface area contributed by atoms with Gasteiger partial charge in [0.1, 0.15) is 5.75 Å². The first-order chi connectivity index (χ1) is 12.6. The molecule has 1 saturated heterocycles. The Hall–Kier alpha value is -3.17. The Balaban J connectivity index is 1.51. The van der Waals surface area contributed by atoms with Crippen molar-refractivity contribution in [2.75, 3.05) is 19.0 Å². The topological polar surface area (TPSA) is 86.5 Å². The molecule has 2 aliphatic heterocycles. The Morgan fingerprint density at radius 3 is 3.04 bits per heavy atom. The molecule has 0 saturated carbocycles. The third-order valence-electron chi connectivity index (χ3n) is 5.03. The molecule has 2 aliphatic rings. The second-order valence-electron chi connectivity index (χ2n) is 6.59. The lowest BCUT2D eigenvalue weighted by atomic mass is 9.80. The van der Waals surface area contributed by atoms with Gasteiger partial charge >= 0.3 is 0 Å². The molecule has 2 heterocycles. The minimum Gasteiger partial charge on any atom is -0.495 e. The minimum atomic E-state index is -0.326. The number of amides is 1. The van der Waals surface area contributed by atoms with E-state index >= 15 is 0 Å². The van der Waals surface area contributed by atoms with Gasteiger partial charge in [0.05, 0.1) is 36.2 Å². The number of anilines is 1. The molecule has 1 fully saturated rings. The zero-order chi connectivity index (χ0) is 18.1. The van der Waals surface area contributed by atoms with Crippen LogP contribution in [0.1, 0.15) is 17.5 Å². The molecule has 2 aromatic rings. The Morgan fingerprint density at radius 2 is 2.23 bits per heavy atom. The van der Waals surface area contributed by atoms with Gasteiger partial charge < -0.3 is 15.4 Å². The van der Waals surface area contributed by atoms with Crippen LogP contribution in [-0.4, -0.2) is 31.8 Å². The van der Waals surface area contributed by atoms with E-state index in [1.807, 2.05) is 24.4 Å². The zero-order valence-corrected chi connectivity index (χ0v) is 14.3. The predicted octanol–water partition coefficient (Wildman–Crippen LogP) is 2.52. The monoisotopic (exact) mass is 346 g/mol. The van der Waals surface area contributed by atoms with Crippen molar-refractivity contribution in [1.29, 1.82) is 5.26 Å². The molecular weight excluding hydrogens is 328 g/mol. The van der Waals surface area contributed by atoms with E-state index < -0.39 is 0 Å². The van der Waals surface area contributed by atoms with Crippen LogP contribution in [-0.2, 0) is 10.2 Å². The molecule has 1 amide bonds. The summed E-state index contributed by atoms with van der Waals surface area (Å²) in [4.78, 5) is 17.3. The molecule has 6 heteroatoms. The van der Waals surface area contributed by atoms with Crippen molar-refractivity contribution in [3.05, 3.63) is 53.6 Å². The Bertz CT molecular complexity index is 947. The average molecular weight is 346 g/mol. The number of para-hydroxylation sites is 1. The van der Waals surface area contributed by atoms with Crippen molar-refractivity contribution in [2.24, 2.45) is 4.99 Å². The van der Waals surface area contributed by atoms with Crippen LogP contribution < -0.4 is 15.4 Å². The minimum absolute atomic E-state index is 0.123. The van der Waals surface area contributed by atoms with E-state index in [1.165, 1.54) is 12.7 Å². The van der Waals surface area contributed by atoms with Gasteiger partial charge in [0.25, 0.3) is 0 Å². The molecular formula is C20H18N4O2. The molecule has 0 aromatic heterocycles. The number of nitriles is 1. The smallest absolute Gasteiger partial charge is 0.241 e. The number of hydrogen-bond donors (Lipinski definition) is 2. The maximum absolute atomic E-state index is 12.8. The number of methoxy groups -OCH3 is 1. The molecule has 26 heavy (non-hydrogen) atoms. The molecule has 2 aromatic carbocycles. The number of rotatable bonds is 3. The molecule has 2 atom stereocenters. The maximum Gasteiger partial charge on any atom is 0.241 e. The number of nitrogens with one attached hydrogen (secondary N) is 2. The van der Waals surface area contributed by atoms with Gasteiger partial charge in [-0.05, 0) is 30.2 Å². The second kappa shape index (κ2) is 6.28. The summed E-state index contributed by atoms with van der Waals surface area (Å²) in [7, 11) is 1.51. The summed E-state index contributed by atoms with van der Waals surface area (Å²) in [5.74, 6) is 0.348. The molecule has 4 rings (SSSR count). The Morgan fingerprint density at radius 1 is 1.38 bits per heavy atom. The number of carbonyl (C=O) groups excluding carboxylic acids is 1. The van der Waals surface area contributed by atoms with Crippen LogP contribution in [0.15, 0.2) is 47.5 Å². The molecule has 2 N–H and O–H groups in total. The lowest BCUT2D eigenvalue weighted by molar-refractivity contribution is -0.117. The number of fused-ring (bicyclic) bond motifs is 2. The summed E-state index contributed by atoms with van der Waals surface area (Å²) in [6.07, 6.45) is 2.61. The van der Waals surface area contributed by atoms with Crippen LogP contribution >= 0.6 is 0 Å². The standard InChI is InChI=1S/C20H18N4O2/c1-26-18-8-13(10-21)6-7-16(18)24-19(25)17-9-20(12-23-17)11-22-15-5-3-2-4-14(15)20/h2-8,11,17,23H,9,12H2,1H3,(H,24,25). The highest BCUT2D eigenvalue weighted by Gasteiger charge is 2.45. The molecule has 0 aliphatic carbocycles. The fraction of sp³-hybridized carbons (Fsp3) is 0.250. The van der Waals surface area contributed by atoms with E-state index in [2.05, 4.69) is 27.8 Å². The molecule has 0 radical (unpaired) electrons. The quantitative estimate of drug-likeness (QED) is 0.894. The fourth-order valence-electron chi connectivity index (χ4n) is 3.66. The summed E-state index contributed by atoms with van der Waals surface area (Å²) in [5, 5.41) is 15.2. The normalized spacial score (nSPS) is 22.8. The van der Waals surface area contributed by atoms with Crippen LogP contribution in [0.4, 0.5) is 11.4 Å². The van der Waals surface area contributed by atoms with Crippen LogP contribution in [0.3, 0.4) is 0 Å². The van der Waals surface area contributed by atoms with E-state index in [1.54, 1.807) is 18.2 Å². The molecule has 6 nitrogen and oxygen atoms in total. The SMILES string of the molecule is COc1cc(C#N)ccc1NC(=O)C1CC2(C=Nc3ccccc32)CN1. The summed E-state index contributed by atoms with van der Waals surface area (Å²) < 4.78 is 5.28. The third kappa shape index (κ3) is 2.63. The third-order valence-corrected chi connectivity index (χ3v) is 5.03. The van der Waals surface area contributed by atoms with Gasteiger partial charge in [-0.15, -0.1) is 0 Å². The molecule has 1 spiro atoms. The first-order valence-corrected chi connectivity index (χ1v) is 8.42. The lowest BCUT2D eigenvalue weighted by Crippen LogP contribution is -2.35. The Labute approximate surface area is 151 Å². The van der Waals surface area contributed by atoms with Crippen LogP contribution in [0.25, 0.3) is 0 Å². The van der Waals surface area contributed by atoms with Crippen LogP contribution in [0.2, 0.25) is 0 Å². The van der Waals surface area contributed by atoms with Gasteiger partial charge in [0, 0.05) is 24.2 Å². The van der Waals surface area contributed by atoms with E-state index in [0.29, 0.717) is 30.0 Å². The van der Waals surface area contributed by atoms with Gasteiger partial charge in [0.2, 0.25) is 5.91 Å². The van der Waals surface area contributed by atoms with Crippen molar-refractivity contribution in [3.8, 4) is 11.8 Å². The highest BCUT2D eigenvalue weighted by Crippen LogP contribution is 2.42. The fourth-order valence-corrected chi connectivity index (χ4v) is 3.66. The summed E-state index contributed by atoms with van der Waals surface area (Å²) in [5.41, 5.74) is 2.95. The first kappa shape index (κ1) is 16.3. The van der Waals surface area contributed by atoms with Gasteiger partial charge in [-0.1, -0.05) is 18.2 Å². The molecule has 130 valence electrons. The molecule has 2 unspecified atom stereocenters. The second-order valence-corrected chi connectivity index (χ2v) is 6.59. The maximum atomic E-state index is 12.8. The highest BCUT2D eigenvalue weighted by molar-refractivity contribution is 5.98. The summed E-state index contributed by atoms with van der Waals surface area (Å²) in [6, 6.07) is 14.7. The van der Waals surface area contributed by atoms with Crippen molar-refractivity contribution in [3.63, 3.8) is 0 Å². The van der Waals surface area contributed by atoms with Gasteiger partial charge in [-0.25, -0.2) is 0 Å². The first-order valence-electron chi connectivity index (χ1n) is 8.42. The number of nitrogens with zero attached hydrogens (tertiary/aromatic N) is 2. The van der Waals surface area contributed by atoms with Crippen LogP contribution in [0, 0.1) is 11.3 Å². The molecule has 0 bridgehead atoms. The van der Waals surface area contributed by atoms with Crippen LogP contribution in [0.5, 0.6) is 5.75 Å². The number of hydrogen-bond acceptors (Lipinski definition) is 5. The van der Waals surface area contributed by atoms with Crippen molar-refractivity contribution >= 4 is 23.5 Å². The highest BCUT2D eigenvalue weighted by atomic mass is 16.5. The number of aliphatic imine (C=N–C) groups is 1. The average Bonchev–Trinajstić information content (AvgIpc) is 3.28. The number of ether oxygens (including phenoxy) is 1. The number of benzene rings is 2. The van der Waals surface area contributed by atoms with Gasteiger partial charge in [-0.3, -0.25) is 9.79 Å². The van der Waals surface area contributed by atoms with Gasteiger partial charge in [0.15, 0.2) is 0 Å². The summed E-state index contributed by atoms with van der Waals surface area (Å²) in [6.45, 7) is 0.677. The summed E-state index contributed by atoms with van der Waals surface area (Å²) >= 11 is 0. The van der Waals surface area contributed by atoms with Gasteiger partial charge in [-0.2, -0.15) is 5.26 Å². The van der Waals surface area contributed by atoms with E-state index in [4.69, 9.17) is 10.00 Å². The van der Waals surface area contributed by atoms with E-state index in [0.717, 1.165) is 5.69 Å². The van der Waals surface area contributed by atoms with E-state index in [9.17, 15) is 4.79 Å². The van der Waals surface area contributed by atoms with E-state index in [-0.39, 0.29) is 17.4 Å². The lowest BCUT2D eigenvalue weighted by Gasteiger charge is -2.20. The zero-order valence-electron chi connectivity index (χ0n) is 14.3. The van der Waals surface area contributed by atoms with Crippen molar-refractivity contribution in [1.82, 2.24) is 5.32 Å². The largest absolute Gasteiger partial charge is 0.495 e.